The van der Waals surface area contributed by atoms with E-state index in [1.807, 2.05) is 54.6 Å². The van der Waals surface area contributed by atoms with Crippen LogP contribution >= 0.6 is 28.1 Å². The Kier molecular flexibility index (Phi) is 3.86. The van der Waals surface area contributed by atoms with Crippen molar-refractivity contribution in [3.63, 3.8) is 0 Å². The van der Waals surface area contributed by atoms with Crippen molar-refractivity contribution in [3.8, 4) is 11.6 Å². The Hall–Kier alpha value is -1.98. The van der Waals surface area contributed by atoms with E-state index in [1.165, 1.54) is 0 Å². The maximum absolute atomic E-state index is 5.88. The zero-order valence-corrected chi connectivity index (χ0v) is 13.3. The minimum absolute atomic E-state index is 0.260. The average Bonchev–Trinajstić information content (AvgIpc) is 2.48. The van der Waals surface area contributed by atoms with Crippen molar-refractivity contribution in [1.29, 1.82) is 0 Å². The Morgan fingerprint density at radius 1 is 1.10 bits per heavy atom. The third kappa shape index (κ3) is 2.89. The fourth-order valence-corrected chi connectivity index (χ4v) is 2.50. The van der Waals surface area contributed by atoms with Gasteiger partial charge in [0.05, 0.1) is 15.6 Å². The van der Waals surface area contributed by atoms with Crippen LogP contribution < -0.4 is 10.5 Å². The van der Waals surface area contributed by atoms with E-state index in [1.54, 1.807) is 0 Å². The van der Waals surface area contributed by atoms with E-state index < -0.39 is 0 Å². The summed E-state index contributed by atoms with van der Waals surface area (Å²) < 4.78 is 6.73. The Morgan fingerprint density at radius 2 is 1.81 bits per heavy atom. The maximum Gasteiger partial charge on any atom is 0.230 e. The molecular weight excluding hydrogens is 348 g/mol. The zero-order chi connectivity index (χ0) is 14.8. The summed E-state index contributed by atoms with van der Waals surface area (Å²) in [5, 5.41) is 0.972. The lowest BCUT2D eigenvalue weighted by Gasteiger charge is -2.11. The molecule has 5 heteroatoms. The van der Waals surface area contributed by atoms with Crippen LogP contribution in [-0.2, 0) is 0 Å². The molecule has 0 saturated carbocycles. The van der Waals surface area contributed by atoms with Crippen LogP contribution in [0.2, 0.25) is 0 Å². The first-order valence-electron chi connectivity index (χ1n) is 6.27. The predicted octanol–water partition coefficient (Wildman–Crippen LogP) is 4.42. The van der Waals surface area contributed by atoms with Gasteiger partial charge in [-0.3, -0.25) is 0 Å². The smallest absolute Gasteiger partial charge is 0.230 e. The lowest BCUT2D eigenvalue weighted by molar-refractivity contribution is 0.461. The molecule has 0 atom stereocenters. The molecule has 0 aliphatic carbocycles. The number of pyridine rings is 1. The summed E-state index contributed by atoms with van der Waals surface area (Å²) in [6.45, 7) is 0. The number of benzene rings is 2. The quantitative estimate of drug-likeness (QED) is 0.703. The molecule has 0 amide bonds. The number of thiocarbonyl (C=S) groups is 1. The van der Waals surface area contributed by atoms with Crippen LogP contribution in [0.1, 0.15) is 5.56 Å². The highest BCUT2D eigenvalue weighted by atomic mass is 79.9. The van der Waals surface area contributed by atoms with Crippen molar-refractivity contribution in [2.75, 3.05) is 0 Å². The molecule has 3 nitrogen and oxygen atoms in total. The molecule has 1 heterocycles. The van der Waals surface area contributed by atoms with Crippen molar-refractivity contribution in [2.24, 2.45) is 5.73 Å². The first kappa shape index (κ1) is 14.0. The molecule has 21 heavy (non-hydrogen) atoms. The Bertz CT molecular complexity index is 835. The van der Waals surface area contributed by atoms with Crippen molar-refractivity contribution < 1.29 is 4.74 Å². The predicted molar refractivity (Wildman–Crippen MR) is 91.8 cm³/mol. The number of fused-ring (bicyclic) bond motifs is 1. The molecule has 0 aliphatic rings. The normalized spacial score (nSPS) is 10.5. The van der Waals surface area contributed by atoms with Crippen LogP contribution in [0.15, 0.2) is 59.1 Å². The summed E-state index contributed by atoms with van der Waals surface area (Å²) in [7, 11) is 0. The van der Waals surface area contributed by atoms with Gasteiger partial charge in [-0.15, -0.1) is 0 Å². The van der Waals surface area contributed by atoms with E-state index in [4.69, 9.17) is 22.7 Å². The Balaban J connectivity index is 2.14. The molecule has 0 bridgehead atoms. The number of halogens is 1. The fourth-order valence-electron chi connectivity index (χ4n) is 1.98. The summed E-state index contributed by atoms with van der Waals surface area (Å²) in [6.07, 6.45) is 0. The molecule has 2 aromatic carbocycles. The van der Waals surface area contributed by atoms with Gasteiger partial charge < -0.3 is 10.5 Å². The Labute approximate surface area is 135 Å². The summed E-state index contributed by atoms with van der Waals surface area (Å²) >= 11 is 8.56. The summed E-state index contributed by atoms with van der Waals surface area (Å²) in [6, 6.07) is 17.2. The van der Waals surface area contributed by atoms with Crippen LogP contribution in [0.5, 0.6) is 11.6 Å². The van der Waals surface area contributed by atoms with Gasteiger partial charge in [0.15, 0.2) is 0 Å². The van der Waals surface area contributed by atoms with Gasteiger partial charge in [-0.1, -0.05) is 42.5 Å². The first-order valence-corrected chi connectivity index (χ1v) is 7.47. The van der Waals surface area contributed by atoms with E-state index in [2.05, 4.69) is 20.9 Å². The van der Waals surface area contributed by atoms with Crippen molar-refractivity contribution >= 4 is 44.0 Å². The van der Waals surface area contributed by atoms with Gasteiger partial charge in [0.25, 0.3) is 0 Å². The maximum atomic E-state index is 5.88. The molecular formula is C16H11BrN2OS. The van der Waals surface area contributed by atoms with Crippen molar-refractivity contribution in [3.05, 3.63) is 64.6 Å². The molecule has 0 aliphatic heterocycles. The molecule has 2 N–H and O–H groups in total. The number of ether oxygens (including phenoxy) is 1. The third-order valence-electron chi connectivity index (χ3n) is 3.00. The van der Waals surface area contributed by atoms with Gasteiger partial charge in [0, 0.05) is 5.39 Å². The molecule has 0 unspecified atom stereocenters. The van der Waals surface area contributed by atoms with Crippen LogP contribution in [0, 0.1) is 0 Å². The number of para-hydroxylation sites is 2. The van der Waals surface area contributed by atoms with Gasteiger partial charge in [0.2, 0.25) is 5.88 Å². The van der Waals surface area contributed by atoms with Gasteiger partial charge in [0.1, 0.15) is 10.7 Å². The molecule has 0 fully saturated rings. The number of nitrogens with zero attached hydrogens (tertiary/aromatic N) is 1. The summed E-state index contributed by atoms with van der Waals surface area (Å²) in [4.78, 5) is 4.78. The van der Waals surface area contributed by atoms with Crippen molar-refractivity contribution in [1.82, 2.24) is 4.98 Å². The molecule has 0 radical (unpaired) electrons. The van der Waals surface area contributed by atoms with E-state index in [0.29, 0.717) is 17.2 Å². The largest absolute Gasteiger partial charge is 0.437 e. The fraction of sp³-hybridized carbons (Fsp3) is 0. The lowest BCUT2D eigenvalue weighted by atomic mass is 10.1. The second-order valence-electron chi connectivity index (χ2n) is 4.43. The Morgan fingerprint density at radius 3 is 2.57 bits per heavy atom. The second-order valence-corrected chi connectivity index (χ2v) is 5.72. The van der Waals surface area contributed by atoms with E-state index >= 15 is 0 Å². The van der Waals surface area contributed by atoms with Gasteiger partial charge >= 0.3 is 0 Å². The molecule has 104 valence electrons. The summed E-state index contributed by atoms with van der Waals surface area (Å²) in [5.41, 5.74) is 7.25. The minimum atomic E-state index is 0.260. The molecule has 0 spiro atoms. The van der Waals surface area contributed by atoms with E-state index in [-0.39, 0.29) is 4.99 Å². The summed E-state index contributed by atoms with van der Waals surface area (Å²) in [5.74, 6) is 1.07. The number of aromatic nitrogens is 1. The lowest BCUT2D eigenvalue weighted by Crippen LogP contribution is -2.11. The van der Waals surface area contributed by atoms with Crippen LogP contribution in [-0.4, -0.2) is 9.97 Å². The zero-order valence-electron chi connectivity index (χ0n) is 10.9. The minimum Gasteiger partial charge on any atom is -0.437 e. The highest BCUT2D eigenvalue weighted by molar-refractivity contribution is 9.10. The molecule has 3 aromatic rings. The molecule has 0 saturated heterocycles. The van der Waals surface area contributed by atoms with E-state index in [0.717, 1.165) is 15.4 Å². The van der Waals surface area contributed by atoms with Gasteiger partial charge in [-0.2, -0.15) is 0 Å². The van der Waals surface area contributed by atoms with Gasteiger partial charge in [-0.25, -0.2) is 4.98 Å². The van der Waals surface area contributed by atoms with Crippen LogP contribution in [0.4, 0.5) is 0 Å². The number of nitrogens with two attached hydrogens (primary N) is 1. The standard InChI is InChI=1S/C16H11BrN2OS/c17-12-6-2-4-8-14(12)20-16-11(15(18)21)9-10-5-1-3-7-13(10)19-16/h1-9H,(H2,18,21). The van der Waals surface area contributed by atoms with Crippen molar-refractivity contribution in [2.45, 2.75) is 0 Å². The van der Waals surface area contributed by atoms with Crippen LogP contribution in [0.3, 0.4) is 0 Å². The monoisotopic (exact) mass is 358 g/mol. The number of hydrogen-bond donors (Lipinski definition) is 1. The average molecular weight is 359 g/mol. The first-order chi connectivity index (χ1) is 10.1. The number of rotatable bonds is 3. The molecule has 1 aromatic heterocycles. The topological polar surface area (TPSA) is 48.1 Å². The van der Waals surface area contributed by atoms with Crippen LogP contribution in [0.25, 0.3) is 10.9 Å². The molecule has 3 rings (SSSR count). The SMILES string of the molecule is NC(=S)c1cc2ccccc2nc1Oc1ccccc1Br. The number of hydrogen-bond acceptors (Lipinski definition) is 3. The van der Waals surface area contributed by atoms with E-state index in [9.17, 15) is 0 Å². The van der Waals surface area contributed by atoms with Gasteiger partial charge in [-0.05, 0) is 40.2 Å². The second kappa shape index (κ2) is 5.79. The highest BCUT2D eigenvalue weighted by Gasteiger charge is 2.12. The highest BCUT2D eigenvalue weighted by Crippen LogP contribution is 2.31. The third-order valence-corrected chi connectivity index (χ3v) is 3.87.